The minimum Gasteiger partial charge on any atom is -0.481 e. The molecule has 0 aromatic carbocycles. The van der Waals surface area contributed by atoms with Gasteiger partial charge >= 0.3 is 11.9 Å². The van der Waals surface area contributed by atoms with Crippen LogP contribution < -0.4 is 0 Å². The van der Waals surface area contributed by atoms with Gasteiger partial charge in [0.05, 0.1) is 11.6 Å². The van der Waals surface area contributed by atoms with E-state index in [1.54, 1.807) is 13.1 Å². The van der Waals surface area contributed by atoms with Crippen molar-refractivity contribution >= 4 is 23.3 Å². The summed E-state index contributed by atoms with van der Waals surface area (Å²) in [5, 5.41) is 9.77. The van der Waals surface area contributed by atoms with Crippen molar-refractivity contribution < 1.29 is 19.4 Å². The maximum absolute atomic E-state index is 11.4. The molecule has 0 spiro atoms. The summed E-state index contributed by atoms with van der Waals surface area (Å²) in [6, 6.07) is 0. The van der Waals surface area contributed by atoms with Gasteiger partial charge in [-0.05, 0) is 13.8 Å². The first-order chi connectivity index (χ1) is 7.54. The smallest absolute Gasteiger partial charge is 0.320 e. The predicted octanol–water partition coefficient (Wildman–Crippen LogP) is 1.26. The van der Waals surface area contributed by atoms with E-state index in [0.29, 0.717) is 0 Å². The van der Waals surface area contributed by atoms with Crippen LogP contribution in [-0.4, -0.2) is 28.6 Å². The topological polar surface area (TPSA) is 76.5 Å². The van der Waals surface area contributed by atoms with Crippen molar-refractivity contribution in [1.82, 2.24) is 4.98 Å². The maximum Gasteiger partial charge on any atom is 0.320 e. The summed E-state index contributed by atoms with van der Waals surface area (Å²) in [4.78, 5) is 27.1. The van der Waals surface area contributed by atoms with Crippen LogP contribution in [0.15, 0.2) is 6.20 Å². The lowest BCUT2D eigenvalue weighted by Gasteiger charge is -2.09. The molecule has 0 saturated heterocycles. The lowest BCUT2D eigenvalue weighted by atomic mass is 10.1. The number of hydrogen-bond donors (Lipinski definition) is 1. The van der Waals surface area contributed by atoms with Crippen molar-refractivity contribution in [2.45, 2.75) is 20.3 Å². The molecule has 0 aliphatic carbocycles. The zero-order valence-electron chi connectivity index (χ0n) is 9.10. The van der Waals surface area contributed by atoms with Gasteiger partial charge in [-0.25, -0.2) is 4.98 Å². The summed E-state index contributed by atoms with van der Waals surface area (Å²) >= 11 is 1.39. The second kappa shape index (κ2) is 5.60. The summed E-state index contributed by atoms with van der Waals surface area (Å²) in [6.07, 6.45) is 1.73. The Kier molecular flexibility index (Phi) is 4.42. The summed E-state index contributed by atoms with van der Waals surface area (Å²) in [7, 11) is 0. The molecule has 1 N–H and O–H groups in total. The second-order valence-electron chi connectivity index (χ2n) is 3.19. The number of hydrogen-bond acceptors (Lipinski definition) is 5. The van der Waals surface area contributed by atoms with E-state index in [9.17, 15) is 9.59 Å². The van der Waals surface area contributed by atoms with Crippen molar-refractivity contribution in [3.8, 4) is 0 Å². The van der Waals surface area contributed by atoms with Crippen LogP contribution in [0.4, 0.5) is 0 Å². The molecule has 1 unspecified atom stereocenters. The SMILES string of the molecule is CCOC(=O)C(Cc1cnc(C)s1)C(=O)O. The van der Waals surface area contributed by atoms with Crippen LogP contribution in [0.3, 0.4) is 0 Å². The van der Waals surface area contributed by atoms with Crippen LogP contribution >= 0.6 is 11.3 Å². The second-order valence-corrected chi connectivity index (χ2v) is 4.51. The number of rotatable bonds is 5. The minimum absolute atomic E-state index is 0.139. The highest BCUT2D eigenvalue weighted by atomic mass is 32.1. The van der Waals surface area contributed by atoms with Crippen LogP contribution in [-0.2, 0) is 20.7 Å². The largest absolute Gasteiger partial charge is 0.481 e. The molecule has 6 heteroatoms. The van der Waals surface area contributed by atoms with Crippen LogP contribution in [0.5, 0.6) is 0 Å². The van der Waals surface area contributed by atoms with Crippen molar-refractivity contribution in [3.63, 3.8) is 0 Å². The van der Waals surface area contributed by atoms with Crippen molar-refractivity contribution in [1.29, 1.82) is 0 Å². The molecular weight excluding hydrogens is 230 g/mol. The molecular formula is C10H13NO4S. The van der Waals surface area contributed by atoms with E-state index in [1.807, 2.05) is 6.92 Å². The third-order valence-electron chi connectivity index (χ3n) is 1.94. The van der Waals surface area contributed by atoms with E-state index in [1.165, 1.54) is 11.3 Å². The van der Waals surface area contributed by atoms with Gasteiger partial charge in [0, 0.05) is 17.5 Å². The average Bonchev–Trinajstić information content (AvgIpc) is 2.60. The monoisotopic (exact) mass is 243 g/mol. The molecule has 1 rings (SSSR count). The van der Waals surface area contributed by atoms with Crippen molar-refractivity contribution in [2.75, 3.05) is 6.61 Å². The van der Waals surface area contributed by atoms with Crippen LogP contribution in [0.25, 0.3) is 0 Å². The molecule has 0 fully saturated rings. The number of thiazole rings is 1. The molecule has 1 aromatic rings. The van der Waals surface area contributed by atoms with Gasteiger partial charge in [-0.2, -0.15) is 0 Å². The fourth-order valence-electron chi connectivity index (χ4n) is 1.22. The Morgan fingerprint density at radius 2 is 2.31 bits per heavy atom. The summed E-state index contributed by atoms with van der Waals surface area (Å²) in [5.41, 5.74) is 0. The molecule has 0 radical (unpaired) electrons. The predicted molar refractivity (Wildman–Crippen MR) is 58.3 cm³/mol. The molecule has 5 nitrogen and oxygen atoms in total. The number of ether oxygens (including phenoxy) is 1. The van der Waals surface area contributed by atoms with Crippen molar-refractivity contribution in [2.24, 2.45) is 5.92 Å². The van der Waals surface area contributed by atoms with Crippen LogP contribution in [0, 0.1) is 12.8 Å². The van der Waals surface area contributed by atoms with Gasteiger partial charge < -0.3 is 9.84 Å². The molecule has 1 aromatic heterocycles. The Morgan fingerprint density at radius 1 is 1.62 bits per heavy atom. The van der Waals surface area contributed by atoms with Crippen LogP contribution in [0.1, 0.15) is 16.8 Å². The number of aromatic nitrogens is 1. The van der Waals surface area contributed by atoms with Gasteiger partial charge in [0.1, 0.15) is 0 Å². The third kappa shape index (κ3) is 3.30. The fourth-order valence-corrected chi connectivity index (χ4v) is 2.06. The Bertz CT molecular complexity index is 388. The van der Waals surface area contributed by atoms with E-state index < -0.39 is 17.9 Å². The highest BCUT2D eigenvalue weighted by Crippen LogP contribution is 2.17. The Morgan fingerprint density at radius 3 is 2.75 bits per heavy atom. The summed E-state index contributed by atoms with van der Waals surface area (Å²) in [5.74, 6) is -3.00. The maximum atomic E-state index is 11.4. The first-order valence-corrected chi connectivity index (χ1v) is 5.67. The normalized spacial score (nSPS) is 12.1. The number of aryl methyl sites for hydroxylation is 1. The van der Waals surface area contributed by atoms with E-state index in [2.05, 4.69) is 4.98 Å². The minimum atomic E-state index is -1.16. The molecule has 0 saturated carbocycles. The van der Waals surface area contributed by atoms with Crippen molar-refractivity contribution in [3.05, 3.63) is 16.1 Å². The van der Waals surface area contributed by atoms with Gasteiger partial charge in [0.25, 0.3) is 0 Å². The van der Waals surface area contributed by atoms with Gasteiger partial charge in [-0.1, -0.05) is 0 Å². The van der Waals surface area contributed by atoms with Gasteiger partial charge in [0.2, 0.25) is 0 Å². The lowest BCUT2D eigenvalue weighted by molar-refractivity contribution is -0.158. The first kappa shape index (κ1) is 12.6. The number of carboxylic acid groups (broad SMARTS) is 1. The third-order valence-corrected chi connectivity index (χ3v) is 2.88. The summed E-state index contributed by atoms with van der Waals surface area (Å²) < 4.78 is 4.71. The first-order valence-electron chi connectivity index (χ1n) is 4.85. The number of aliphatic carboxylic acids is 1. The van der Waals surface area contributed by atoms with E-state index >= 15 is 0 Å². The average molecular weight is 243 g/mol. The van der Waals surface area contributed by atoms with Gasteiger partial charge in [-0.15, -0.1) is 11.3 Å². The number of carbonyl (C=O) groups excluding carboxylic acids is 1. The molecule has 1 heterocycles. The summed E-state index contributed by atoms with van der Waals surface area (Å²) in [6.45, 7) is 3.66. The van der Waals surface area contributed by atoms with E-state index in [4.69, 9.17) is 9.84 Å². The standard InChI is InChI=1S/C10H13NO4S/c1-3-15-10(14)8(9(12)13)4-7-5-11-6(2)16-7/h5,8H,3-4H2,1-2H3,(H,12,13). The highest BCUT2D eigenvalue weighted by molar-refractivity contribution is 7.11. The van der Waals surface area contributed by atoms with Gasteiger partial charge in [0.15, 0.2) is 5.92 Å². The Balaban J connectivity index is 2.72. The molecule has 0 aliphatic rings. The number of carbonyl (C=O) groups is 2. The molecule has 16 heavy (non-hydrogen) atoms. The highest BCUT2D eigenvalue weighted by Gasteiger charge is 2.28. The zero-order valence-corrected chi connectivity index (χ0v) is 9.91. The zero-order chi connectivity index (χ0) is 12.1. The lowest BCUT2D eigenvalue weighted by Crippen LogP contribution is -2.27. The molecule has 1 atom stereocenters. The van der Waals surface area contributed by atoms with E-state index in [0.717, 1.165) is 9.88 Å². The fraction of sp³-hybridized carbons (Fsp3) is 0.500. The molecule has 0 bridgehead atoms. The number of esters is 1. The quantitative estimate of drug-likeness (QED) is 0.622. The molecule has 0 amide bonds. The molecule has 88 valence electrons. The molecule has 0 aliphatic heterocycles. The van der Waals surface area contributed by atoms with Gasteiger partial charge in [-0.3, -0.25) is 9.59 Å². The van der Waals surface area contributed by atoms with E-state index in [-0.39, 0.29) is 13.0 Å². The Hall–Kier alpha value is -1.43. The van der Waals surface area contributed by atoms with Crippen LogP contribution in [0.2, 0.25) is 0 Å². The number of nitrogens with zero attached hydrogens (tertiary/aromatic N) is 1. The Labute approximate surface area is 97.1 Å². The number of carboxylic acids is 1.